The third-order valence-electron chi connectivity index (χ3n) is 4.37. The van der Waals surface area contributed by atoms with Gasteiger partial charge in [0, 0.05) is 33.3 Å². The van der Waals surface area contributed by atoms with Crippen LogP contribution < -0.4 is 20.7 Å². The summed E-state index contributed by atoms with van der Waals surface area (Å²) in [4.78, 5) is 29.4. The topological polar surface area (TPSA) is 109 Å². The van der Waals surface area contributed by atoms with Crippen LogP contribution in [0, 0.1) is 0 Å². The summed E-state index contributed by atoms with van der Waals surface area (Å²) in [5, 5.41) is 2.86. The highest BCUT2D eigenvalue weighted by Crippen LogP contribution is 2.32. The Labute approximate surface area is 147 Å². The largest absolute Gasteiger partial charge is 0.475 e. The Balaban J connectivity index is 1.75. The third-order valence-corrected chi connectivity index (χ3v) is 4.37. The van der Waals surface area contributed by atoms with Crippen molar-refractivity contribution in [2.45, 2.75) is 38.3 Å². The molecule has 9 heteroatoms. The van der Waals surface area contributed by atoms with Crippen LogP contribution in [0.2, 0.25) is 0 Å². The molecule has 2 aliphatic heterocycles. The van der Waals surface area contributed by atoms with Gasteiger partial charge in [-0.3, -0.25) is 10.1 Å². The van der Waals surface area contributed by atoms with Crippen molar-refractivity contribution in [2.24, 2.45) is 4.99 Å². The SMILES string of the molecule is CC(C)Oc1cc(N2CCC3(CC2)N=C(N(C)C)NC3=O)nc(N)n1. The number of carbonyl (C=O) groups is 1. The molecule has 3 N–H and O–H groups in total. The Morgan fingerprint density at radius 2 is 2.00 bits per heavy atom. The van der Waals surface area contributed by atoms with Crippen LogP contribution in [0.15, 0.2) is 11.1 Å². The van der Waals surface area contributed by atoms with E-state index in [1.165, 1.54) is 0 Å². The van der Waals surface area contributed by atoms with E-state index in [1.807, 2.05) is 32.8 Å². The third kappa shape index (κ3) is 3.45. The number of piperidine rings is 1. The number of hydrogen-bond acceptors (Lipinski definition) is 8. The number of aromatic nitrogens is 2. The van der Waals surface area contributed by atoms with Crippen LogP contribution in [-0.2, 0) is 4.79 Å². The maximum atomic E-state index is 12.4. The summed E-state index contributed by atoms with van der Waals surface area (Å²) in [6, 6.07) is 1.79. The highest BCUT2D eigenvalue weighted by atomic mass is 16.5. The smallest absolute Gasteiger partial charge is 0.254 e. The van der Waals surface area contributed by atoms with E-state index in [0.717, 1.165) is 0 Å². The zero-order valence-electron chi connectivity index (χ0n) is 15.1. The van der Waals surface area contributed by atoms with Crippen LogP contribution in [0.1, 0.15) is 26.7 Å². The second kappa shape index (κ2) is 6.38. The summed E-state index contributed by atoms with van der Waals surface area (Å²) in [5.41, 5.74) is 5.14. The lowest BCUT2D eigenvalue weighted by Crippen LogP contribution is -2.49. The van der Waals surface area contributed by atoms with Crippen LogP contribution in [0.25, 0.3) is 0 Å². The molecule has 0 bridgehead atoms. The highest BCUT2D eigenvalue weighted by Gasteiger charge is 2.46. The van der Waals surface area contributed by atoms with E-state index in [2.05, 4.69) is 25.2 Å². The first kappa shape index (κ1) is 17.2. The number of nitrogens with zero attached hydrogens (tertiary/aromatic N) is 5. The Kier molecular flexibility index (Phi) is 4.40. The van der Waals surface area contributed by atoms with Gasteiger partial charge in [-0.2, -0.15) is 9.97 Å². The maximum absolute atomic E-state index is 12.4. The van der Waals surface area contributed by atoms with E-state index in [9.17, 15) is 4.79 Å². The van der Waals surface area contributed by atoms with Gasteiger partial charge in [0.1, 0.15) is 11.4 Å². The van der Waals surface area contributed by atoms with Crippen LogP contribution in [-0.4, -0.2) is 65.6 Å². The van der Waals surface area contributed by atoms with Crippen molar-refractivity contribution in [1.29, 1.82) is 0 Å². The van der Waals surface area contributed by atoms with Crippen molar-refractivity contribution < 1.29 is 9.53 Å². The molecule has 0 saturated carbocycles. The molecule has 1 spiro atoms. The fraction of sp³-hybridized carbons (Fsp3) is 0.625. The molecule has 0 atom stereocenters. The zero-order chi connectivity index (χ0) is 18.2. The van der Waals surface area contributed by atoms with Gasteiger partial charge in [-0.25, -0.2) is 4.99 Å². The summed E-state index contributed by atoms with van der Waals surface area (Å²) in [6.07, 6.45) is 1.26. The van der Waals surface area contributed by atoms with Crippen LogP contribution in [0.5, 0.6) is 5.88 Å². The van der Waals surface area contributed by atoms with Gasteiger partial charge < -0.3 is 20.3 Å². The van der Waals surface area contributed by atoms with Gasteiger partial charge in [0.25, 0.3) is 5.91 Å². The number of carbonyl (C=O) groups excluding carboxylic acids is 1. The lowest BCUT2D eigenvalue weighted by atomic mass is 9.88. The van der Waals surface area contributed by atoms with Gasteiger partial charge in [-0.1, -0.05) is 0 Å². The molecular weight excluding hydrogens is 322 g/mol. The highest BCUT2D eigenvalue weighted by molar-refractivity contribution is 6.07. The number of nitrogens with two attached hydrogens (primary N) is 1. The standard InChI is InChI=1S/C16H25N7O2/c1-10(2)25-12-9-11(18-14(17)19-12)23-7-5-16(6-8-23)13(24)20-15(21-16)22(3)4/h9-10H,5-8H2,1-4H3,(H2,17,18,19)(H,20,21,24). The summed E-state index contributed by atoms with van der Waals surface area (Å²) in [6.45, 7) is 5.19. The normalized spacial score (nSPS) is 19.2. The van der Waals surface area contributed by atoms with Crippen molar-refractivity contribution in [1.82, 2.24) is 20.2 Å². The zero-order valence-corrected chi connectivity index (χ0v) is 15.1. The van der Waals surface area contributed by atoms with Gasteiger partial charge in [0.15, 0.2) is 0 Å². The molecule has 136 valence electrons. The number of guanidine groups is 1. The van der Waals surface area contributed by atoms with Crippen molar-refractivity contribution in [3.8, 4) is 5.88 Å². The first-order valence-corrected chi connectivity index (χ1v) is 8.44. The Hall–Kier alpha value is -2.58. The second-order valence-electron chi connectivity index (χ2n) is 6.89. The lowest BCUT2D eigenvalue weighted by Gasteiger charge is -2.36. The molecule has 1 aromatic heterocycles. The summed E-state index contributed by atoms with van der Waals surface area (Å²) in [5.74, 6) is 1.96. The molecule has 25 heavy (non-hydrogen) atoms. The molecule has 9 nitrogen and oxygen atoms in total. The Bertz CT molecular complexity index is 694. The van der Waals surface area contributed by atoms with Crippen molar-refractivity contribution in [2.75, 3.05) is 37.8 Å². The number of anilines is 2. The quantitative estimate of drug-likeness (QED) is 0.805. The number of nitrogen functional groups attached to an aromatic ring is 1. The van der Waals surface area contributed by atoms with E-state index in [4.69, 9.17) is 10.5 Å². The van der Waals surface area contributed by atoms with Crippen LogP contribution in [0.4, 0.5) is 11.8 Å². The molecule has 1 amide bonds. The average Bonchev–Trinajstić information content (AvgIpc) is 2.84. The monoisotopic (exact) mass is 347 g/mol. The lowest BCUT2D eigenvalue weighted by molar-refractivity contribution is -0.124. The minimum atomic E-state index is -0.675. The number of hydrogen-bond donors (Lipinski definition) is 2. The number of rotatable bonds is 3. The molecule has 0 aromatic carbocycles. The van der Waals surface area contributed by atoms with E-state index in [1.54, 1.807) is 6.07 Å². The molecule has 1 fully saturated rings. The first-order valence-electron chi connectivity index (χ1n) is 8.44. The molecule has 1 aromatic rings. The summed E-state index contributed by atoms with van der Waals surface area (Å²) in [7, 11) is 3.74. The minimum Gasteiger partial charge on any atom is -0.475 e. The van der Waals surface area contributed by atoms with Gasteiger partial charge in [0.2, 0.25) is 17.8 Å². The summed E-state index contributed by atoms with van der Waals surface area (Å²) < 4.78 is 5.63. The predicted octanol–water partition coefficient (Wildman–Crippen LogP) is 0.232. The van der Waals surface area contributed by atoms with Gasteiger partial charge >= 0.3 is 0 Å². The van der Waals surface area contributed by atoms with Gasteiger partial charge in [0.05, 0.1) is 6.10 Å². The molecule has 2 aliphatic rings. The van der Waals surface area contributed by atoms with Crippen LogP contribution >= 0.6 is 0 Å². The van der Waals surface area contributed by atoms with E-state index in [-0.39, 0.29) is 18.0 Å². The molecule has 3 rings (SSSR count). The van der Waals surface area contributed by atoms with Crippen LogP contribution in [0.3, 0.4) is 0 Å². The van der Waals surface area contributed by atoms with Crippen molar-refractivity contribution in [3.05, 3.63) is 6.07 Å². The fourth-order valence-corrected chi connectivity index (χ4v) is 3.05. The van der Waals surface area contributed by atoms with Gasteiger partial charge in [-0.05, 0) is 26.7 Å². The van der Waals surface area contributed by atoms with Crippen molar-refractivity contribution >= 4 is 23.6 Å². The fourth-order valence-electron chi connectivity index (χ4n) is 3.05. The molecule has 3 heterocycles. The van der Waals surface area contributed by atoms with E-state index < -0.39 is 5.54 Å². The minimum absolute atomic E-state index is 0.00718. The van der Waals surface area contributed by atoms with E-state index in [0.29, 0.717) is 43.6 Å². The molecule has 1 saturated heterocycles. The van der Waals surface area contributed by atoms with Gasteiger partial charge in [-0.15, -0.1) is 0 Å². The molecule has 0 unspecified atom stereocenters. The number of ether oxygens (including phenoxy) is 1. The molecule has 0 aliphatic carbocycles. The Morgan fingerprint density at radius 1 is 1.32 bits per heavy atom. The number of nitrogens with one attached hydrogen (secondary N) is 1. The van der Waals surface area contributed by atoms with Crippen molar-refractivity contribution in [3.63, 3.8) is 0 Å². The average molecular weight is 347 g/mol. The second-order valence-corrected chi connectivity index (χ2v) is 6.89. The number of amides is 1. The summed E-state index contributed by atoms with van der Waals surface area (Å²) >= 11 is 0. The van der Waals surface area contributed by atoms with E-state index >= 15 is 0 Å². The first-order chi connectivity index (χ1) is 11.8. The molecular formula is C16H25N7O2. The maximum Gasteiger partial charge on any atom is 0.254 e. The molecule has 0 radical (unpaired) electrons. The number of aliphatic imine (C=N–C) groups is 1. The Morgan fingerprint density at radius 3 is 2.56 bits per heavy atom. The predicted molar refractivity (Wildman–Crippen MR) is 95.7 cm³/mol.